The van der Waals surface area contributed by atoms with Crippen molar-refractivity contribution in [2.75, 3.05) is 32.8 Å². The number of nitrogens with zero attached hydrogens (tertiary/aromatic N) is 1. The topological polar surface area (TPSA) is 41.6 Å². The van der Waals surface area contributed by atoms with Crippen LogP contribution in [0.2, 0.25) is 0 Å². The standard InChI is InChI=1S/C20H21F3N2O2/c21-20(22,23)17-8-6-16(7-9-17)19(26)24-14-18(15-4-2-1-3-5-15)25-10-12-27-13-11-25/h1-9,18H,10-14H2,(H,24,26)/t18-/m0/s1. The maximum Gasteiger partial charge on any atom is 0.416 e. The van der Waals surface area contributed by atoms with Crippen LogP contribution in [0.15, 0.2) is 54.6 Å². The Balaban J connectivity index is 1.68. The molecular weight excluding hydrogens is 357 g/mol. The largest absolute Gasteiger partial charge is 0.416 e. The summed E-state index contributed by atoms with van der Waals surface area (Å²) in [7, 11) is 0. The van der Waals surface area contributed by atoms with Crippen molar-refractivity contribution in [3.63, 3.8) is 0 Å². The molecule has 0 radical (unpaired) electrons. The predicted octanol–water partition coefficient (Wildman–Crippen LogP) is 3.51. The summed E-state index contributed by atoms with van der Waals surface area (Å²) in [6.45, 7) is 3.15. The highest BCUT2D eigenvalue weighted by atomic mass is 19.4. The maximum atomic E-state index is 12.7. The fraction of sp³-hybridized carbons (Fsp3) is 0.350. The van der Waals surface area contributed by atoms with Crippen molar-refractivity contribution in [1.29, 1.82) is 0 Å². The van der Waals surface area contributed by atoms with Crippen molar-refractivity contribution in [3.8, 4) is 0 Å². The van der Waals surface area contributed by atoms with Gasteiger partial charge in [-0.3, -0.25) is 9.69 Å². The molecule has 1 atom stereocenters. The first-order chi connectivity index (χ1) is 12.9. The van der Waals surface area contributed by atoms with E-state index in [9.17, 15) is 18.0 Å². The first-order valence-electron chi connectivity index (χ1n) is 8.77. The lowest BCUT2D eigenvalue weighted by Crippen LogP contribution is -2.43. The number of ether oxygens (including phenoxy) is 1. The van der Waals surface area contributed by atoms with E-state index in [4.69, 9.17) is 4.74 Å². The average Bonchev–Trinajstić information content (AvgIpc) is 2.69. The first-order valence-corrected chi connectivity index (χ1v) is 8.77. The molecule has 1 heterocycles. The van der Waals surface area contributed by atoms with Crippen LogP contribution < -0.4 is 5.32 Å². The monoisotopic (exact) mass is 378 g/mol. The second kappa shape index (κ2) is 8.54. The minimum atomic E-state index is -4.41. The van der Waals surface area contributed by atoms with E-state index in [0.717, 1.165) is 30.8 Å². The van der Waals surface area contributed by atoms with E-state index in [0.29, 0.717) is 19.8 Å². The summed E-state index contributed by atoms with van der Waals surface area (Å²) in [5, 5.41) is 2.85. The molecule has 2 aromatic rings. The van der Waals surface area contributed by atoms with Crippen molar-refractivity contribution in [2.45, 2.75) is 12.2 Å². The van der Waals surface area contributed by atoms with E-state index in [1.807, 2.05) is 30.3 Å². The van der Waals surface area contributed by atoms with Crippen molar-refractivity contribution >= 4 is 5.91 Å². The van der Waals surface area contributed by atoms with Gasteiger partial charge in [0.25, 0.3) is 5.91 Å². The summed E-state index contributed by atoms with van der Waals surface area (Å²) >= 11 is 0. The Morgan fingerprint density at radius 2 is 1.67 bits per heavy atom. The van der Waals surface area contributed by atoms with E-state index in [-0.39, 0.29) is 11.6 Å². The molecule has 27 heavy (non-hydrogen) atoms. The summed E-state index contributed by atoms with van der Waals surface area (Å²) in [5.41, 5.74) is 0.512. The van der Waals surface area contributed by atoms with Gasteiger partial charge < -0.3 is 10.1 Å². The molecule has 1 fully saturated rings. The van der Waals surface area contributed by atoms with Crippen LogP contribution in [-0.4, -0.2) is 43.7 Å². The zero-order chi connectivity index (χ0) is 19.3. The summed E-state index contributed by atoms with van der Waals surface area (Å²) < 4.78 is 43.4. The van der Waals surface area contributed by atoms with E-state index >= 15 is 0 Å². The van der Waals surface area contributed by atoms with Gasteiger partial charge in [-0.1, -0.05) is 30.3 Å². The van der Waals surface area contributed by atoms with Crippen molar-refractivity contribution in [1.82, 2.24) is 10.2 Å². The Morgan fingerprint density at radius 3 is 2.26 bits per heavy atom. The van der Waals surface area contributed by atoms with Crippen LogP contribution in [-0.2, 0) is 10.9 Å². The molecule has 0 aliphatic carbocycles. The number of halogens is 3. The van der Waals surface area contributed by atoms with Crippen LogP contribution in [0.5, 0.6) is 0 Å². The lowest BCUT2D eigenvalue weighted by Gasteiger charge is -2.35. The zero-order valence-electron chi connectivity index (χ0n) is 14.7. The molecule has 1 saturated heterocycles. The third-order valence-electron chi connectivity index (χ3n) is 4.60. The number of carbonyl (C=O) groups excluding carboxylic acids is 1. The highest BCUT2D eigenvalue weighted by Crippen LogP contribution is 2.29. The van der Waals surface area contributed by atoms with Crippen LogP contribution in [0.25, 0.3) is 0 Å². The van der Waals surface area contributed by atoms with Gasteiger partial charge in [-0.25, -0.2) is 0 Å². The van der Waals surface area contributed by atoms with Crippen LogP contribution in [0.4, 0.5) is 13.2 Å². The van der Waals surface area contributed by atoms with E-state index in [2.05, 4.69) is 10.2 Å². The van der Waals surface area contributed by atoms with Crippen molar-refractivity contribution in [2.24, 2.45) is 0 Å². The molecular formula is C20H21F3N2O2. The Labute approximate surface area is 155 Å². The smallest absolute Gasteiger partial charge is 0.379 e. The van der Waals surface area contributed by atoms with Gasteiger partial charge in [0.05, 0.1) is 24.8 Å². The summed E-state index contributed by atoms with van der Waals surface area (Å²) in [6, 6.07) is 14.1. The fourth-order valence-electron chi connectivity index (χ4n) is 3.12. The molecule has 0 bridgehead atoms. The number of alkyl halides is 3. The van der Waals surface area contributed by atoms with Crippen LogP contribution in [0, 0.1) is 0 Å². The molecule has 0 unspecified atom stereocenters. The number of hydrogen-bond acceptors (Lipinski definition) is 3. The average molecular weight is 378 g/mol. The molecule has 3 rings (SSSR count). The number of carbonyl (C=O) groups is 1. The molecule has 1 N–H and O–H groups in total. The second-order valence-corrected chi connectivity index (χ2v) is 6.36. The molecule has 7 heteroatoms. The number of rotatable bonds is 5. The van der Waals surface area contributed by atoms with Gasteiger partial charge in [-0.2, -0.15) is 13.2 Å². The van der Waals surface area contributed by atoms with Gasteiger partial charge in [-0.05, 0) is 29.8 Å². The summed E-state index contributed by atoms with van der Waals surface area (Å²) in [6.07, 6.45) is -4.41. The molecule has 1 aliphatic rings. The second-order valence-electron chi connectivity index (χ2n) is 6.36. The third kappa shape index (κ3) is 5.08. The maximum absolute atomic E-state index is 12.7. The van der Waals surface area contributed by atoms with Crippen LogP contribution in [0.3, 0.4) is 0 Å². The van der Waals surface area contributed by atoms with Crippen LogP contribution >= 0.6 is 0 Å². The Kier molecular flexibility index (Phi) is 6.13. The molecule has 0 spiro atoms. The molecule has 0 aromatic heterocycles. The van der Waals surface area contributed by atoms with Gasteiger partial charge >= 0.3 is 6.18 Å². The number of nitrogens with one attached hydrogen (secondary N) is 1. The highest BCUT2D eigenvalue weighted by Gasteiger charge is 2.30. The highest BCUT2D eigenvalue weighted by molar-refractivity contribution is 5.94. The fourth-order valence-corrected chi connectivity index (χ4v) is 3.12. The number of morpholine rings is 1. The lowest BCUT2D eigenvalue weighted by atomic mass is 10.0. The van der Waals surface area contributed by atoms with Gasteiger partial charge in [0, 0.05) is 25.2 Å². The molecule has 1 amide bonds. The van der Waals surface area contributed by atoms with Gasteiger partial charge in [0.15, 0.2) is 0 Å². The Hall–Kier alpha value is -2.38. The Bertz CT molecular complexity index is 742. The summed E-state index contributed by atoms with van der Waals surface area (Å²) in [4.78, 5) is 14.6. The van der Waals surface area contributed by atoms with Crippen LogP contribution in [0.1, 0.15) is 27.5 Å². The van der Waals surface area contributed by atoms with E-state index in [1.54, 1.807) is 0 Å². The zero-order valence-corrected chi connectivity index (χ0v) is 14.7. The minimum Gasteiger partial charge on any atom is -0.379 e. The SMILES string of the molecule is O=C(NC[C@@H](c1ccccc1)N1CCOCC1)c1ccc(C(F)(F)F)cc1. The minimum absolute atomic E-state index is 0.0199. The molecule has 144 valence electrons. The number of hydrogen-bond donors (Lipinski definition) is 1. The summed E-state index contributed by atoms with van der Waals surface area (Å²) in [5.74, 6) is -0.391. The quantitative estimate of drug-likeness (QED) is 0.866. The third-order valence-corrected chi connectivity index (χ3v) is 4.60. The van der Waals surface area contributed by atoms with Gasteiger partial charge in [0.2, 0.25) is 0 Å². The van der Waals surface area contributed by atoms with E-state index < -0.39 is 17.6 Å². The normalized spacial score (nSPS) is 16.7. The molecule has 2 aromatic carbocycles. The van der Waals surface area contributed by atoms with Crippen molar-refractivity contribution in [3.05, 3.63) is 71.3 Å². The number of amides is 1. The van der Waals surface area contributed by atoms with Crippen molar-refractivity contribution < 1.29 is 22.7 Å². The lowest BCUT2D eigenvalue weighted by molar-refractivity contribution is -0.137. The van der Waals surface area contributed by atoms with Gasteiger partial charge in [-0.15, -0.1) is 0 Å². The Morgan fingerprint density at radius 1 is 1.04 bits per heavy atom. The molecule has 1 aliphatic heterocycles. The molecule has 0 saturated carbocycles. The van der Waals surface area contributed by atoms with E-state index in [1.165, 1.54) is 12.1 Å². The van der Waals surface area contributed by atoms with Gasteiger partial charge in [0.1, 0.15) is 0 Å². The first kappa shape index (κ1) is 19.4. The predicted molar refractivity (Wildman–Crippen MR) is 95.4 cm³/mol. The molecule has 4 nitrogen and oxygen atoms in total. The number of benzene rings is 2.